The third-order valence-electron chi connectivity index (χ3n) is 4.80. The summed E-state index contributed by atoms with van der Waals surface area (Å²) >= 11 is 1.75. The van der Waals surface area contributed by atoms with Crippen LogP contribution in [0.1, 0.15) is 43.2 Å². The van der Waals surface area contributed by atoms with Crippen LogP contribution in [-0.4, -0.2) is 12.5 Å². The topological polar surface area (TPSA) is 29.1 Å². The Kier molecular flexibility index (Phi) is 4.94. The average molecular weight is 313 g/mol. The maximum absolute atomic E-state index is 12.2. The minimum atomic E-state index is 0.172. The summed E-state index contributed by atoms with van der Waals surface area (Å²) < 4.78 is 0. The van der Waals surface area contributed by atoms with Gasteiger partial charge >= 0.3 is 0 Å². The highest BCUT2D eigenvalue weighted by atomic mass is 32.1. The van der Waals surface area contributed by atoms with Gasteiger partial charge in [-0.1, -0.05) is 43.2 Å². The number of aryl methyl sites for hydroxylation is 1. The molecule has 0 saturated heterocycles. The zero-order valence-corrected chi connectivity index (χ0v) is 13.7. The van der Waals surface area contributed by atoms with Gasteiger partial charge in [0.25, 0.3) is 0 Å². The lowest BCUT2D eigenvalue weighted by molar-refractivity contribution is -0.121. The van der Waals surface area contributed by atoms with E-state index in [2.05, 4.69) is 34.3 Å². The molecule has 3 rings (SSSR count). The molecule has 1 N–H and O–H groups in total. The van der Waals surface area contributed by atoms with Crippen molar-refractivity contribution in [3.05, 3.63) is 58.3 Å². The summed E-state index contributed by atoms with van der Waals surface area (Å²) in [6.07, 6.45) is 6.33. The standard InChI is InChI=1S/C19H23NOS/c21-18(9-8-16-6-2-1-3-7-16)20-15-19(11-4-5-12-19)17-10-13-22-14-17/h1-3,6-7,10,13-14H,4-5,8-9,11-12,15H2,(H,20,21). The molecule has 2 aromatic rings. The Balaban J connectivity index is 1.53. The molecule has 2 nitrogen and oxygen atoms in total. The van der Waals surface area contributed by atoms with Crippen LogP contribution >= 0.6 is 11.3 Å². The third-order valence-corrected chi connectivity index (χ3v) is 5.48. The molecule has 0 spiro atoms. The molecule has 0 atom stereocenters. The van der Waals surface area contributed by atoms with Crippen LogP contribution in [0.2, 0.25) is 0 Å². The lowest BCUT2D eigenvalue weighted by atomic mass is 9.80. The van der Waals surface area contributed by atoms with E-state index < -0.39 is 0 Å². The molecule has 1 aliphatic rings. The second-order valence-corrected chi connectivity index (χ2v) is 7.04. The molecule has 1 heterocycles. The summed E-state index contributed by atoms with van der Waals surface area (Å²) in [7, 11) is 0. The molecule has 1 saturated carbocycles. The predicted octanol–water partition coefficient (Wildman–Crippen LogP) is 4.31. The second-order valence-electron chi connectivity index (χ2n) is 6.26. The average Bonchev–Trinajstić information content (AvgIpc) is 3.24. The van der Waals surface area contributed by atoms with Gasteiger partial charge < -0.3 is 5.32 Å². The SMILES string of the molecule is O=C(CCc1ccccc1)NCC1(c2ccsc2)CCCC1. The first-order chi connectivity index (χ1) is 10.8. The quantitative estimate of drug-likeness (QED) is 0.846. The molecule has 1 amide bonds. The Bertz CT molecular complexity index is 585. The minimum Gasteiger partial charge on any atom is -0.355 e. The molecule has 1 fully saturated rings. The van der Waals surface area contributed by atoms with Gasteiger partial charge in [-0.25, -0.2) is 0 Å². The largest absolute Gasteiger partial charge is 0.355 e. The number of benzene rings is 1. The molecule has 116 valence electrons. The van der Waals surface area contributed by atoms with Gasteiger partial charge in [-0.3, -0.25) is 4.79 Å². The van der Waals surface area contributed by atoms with Gasteiger partial charge in [0.1, 0.15) is 0 Å². The zero-order chi connectivity index (χ0) is 15.3. The van der Waals surface area contributed by atoms with Crippen LogP contribution in [0.15, 0.2) is 47.2 Å². The predicted molar refractivity (Wildman–Crippen MR) is 92.2 cm³/mol. The van der Waals surface area contributed by atoms with Gasteiger partial charge in [0, 0.05) is 18.4 Å². The van der Waals surface area contributed by atoms with Gasteiger partial charge in [-0.15, -0.1) is 0 Å². The van der Waals surface area contributed by atoms with Gasteiger partial charge in [-0.2, -0.15) is 11.3 Å². The maximum atomic E-state index is 12.2. The summed E-state index contributed by atoms with van der Waals surface area (Å²) in [5, 5.41) is 7.59. The highest BCUT2D eigenvalue weighted by Gasteiger charge is 2.36. The van der Waals surface area contributed by atoms with E-state index in [0.29, 0.717) is 6.42 Å². The number of nitrogens with one attached hydrogen (secondary N) is 1. The molecule has 1 aromatic carbocycles. The van der Waals surface area contributed by atoms with Crippen molar-refractivity contribution < 1.29 is 4.79 Å². The van der Waals surface area contributed by atoms with Crippen LogP contribution in [0, 0.1) is 0 Å². The molecule has 0 bridgehead atoms. The molecule has 22 heavy (non-hydrogen) atoms. The van der Waals surface area contributed by atoms with Gasteiger partial charge in [-0.05, 0) is 47.2 Å². The number of hydrogen-bond acceptors (Lipinski definition) is 2. The fraction of sp³-hybridized carbons (Fsp3) is 0.421. The van der Waals surface area contributed by atoms with Crippen LogP contribution in [0.4, 0.5) is 0 Å². The summed E-state index contributed by atoms with van der Waals surface area (Å²) in [6, 6.07) is 12.4. The number of thiophene rings is 1. The summed E-state index contributed by atoms with van der Waals surface area (Å²) in [4.78, 5) is 12.2. The first-order valence-electron chi connectivity index (χ1n) is 8.12. The van der Waals surface area contributed by atoms with Crippen molar-refractivity contribution >= 4 is 17.2 Å². The lowest BCUT2D eigenvalue weighted by Gasteiger charge is -2.28. The van der Waals surface area contributed by atoms with E-state index in [-0.39, 0.29) is 11.3 Å². The Morgan fingerprint density at radius 3 is 2.59 bits per heavy atom. The minimum absolute atomic E-state index is 0.172. The Morgan fingerprint density at radius 1 is 1.14 bits per heavy atom. The van der Waals surface area contributed by atoms with Crippen LogP contribution in [0.3, 0.4) is 0 Å². The number of amides is 1. The number of carbonyl (C=O) groups excluding carboxylic acids is 1. The molecular formula is C19H23NOS. The fourth-order valence-corrected chi connectivity index (χ4v) is 4.22. The first-order valence-corrected chi connectivity index (χ1v) is 9.06. The Morgan fingerprint density at radius 2 is 1.91 bits per heavy atom. The third kappa shape index (κ3) is 3.58. The van der Waals surface area contributed by atoms with Crippen molar-refractivity contribution in [2.24, 2.45) is 0 Å². The van der Waals surface area contributed by atoms with E-state index in [1.165, 1.54) is 36.8 Å². The summed E-state index contributed by atoms with van der Waals surface area (Å²) in [5.74, 6) is 0.172. The van der Waals surface area contributed by atoms with Crippen molar-refractivity contribution in [2.45, 2.75) is 43.9 Å². The fourth-order valence-electron chi connectivity index (χ4n) is 3.44. The van der Waals surface area contributed by atoms with Crippen LogP contribution < -0.4 is 5.32 Å². The van der Waals surface area contributed by atoms with E-state index >= 15 is 0 Å². The Hall–Kier alpha value is -1.61. The van der Waals surface area contributed by atoms with E-state index in [9.17, 15) is 4.79 Å². The molecular weight excluding hydrogens is 290 g/mol. The highest BCUT2D eigenvalue weighted by Crippen LogP contribution is 2.41. The van der Waals surface area contributed by atoms with Crippen molar-refractivity contribution in [1.82, 2.24) is 5.32 Å². The van der Waals surface area contributed by atoms with Crippen molar-refractivity contribution in [3.8, 4) is 0 Å². The van der Waals surface area contributed by atoms with Gasteiger partial charge in [0.05, 0.1) is 0 Å². The van der Waals surface area contributed by atoms with Crippen molar-refractivity contribution in [2.75, 3.05) is 6.54 Å². The van der Waals surface area contributed by atoms with Gasteiger partial charge in [0.15, 0.2) is 0 Å². The first kappa shape index (κ1) is 15.3. The van der Waals surface area contributed by atoms with E-state index in [4.69, 9.17) is 0 Å². The zero-order valence-electron chi connectivity index (χ0n) is 12.9. The molecule has 0 radical (unpaired) electrons. The molecule has 1 aromatic heterocycles. The van der Waals surface area contributed by atoms with Crippen LogP contribution in [0.25, 0.3) is 0 Å². The molecule has 1 aliphatic carbocycles. The second kappa shape index (κ2) is 7.10. The number of rotatable bonds is 6. The lowest BCUT2D eigenvalue weighted by Crippen LogP contribution is -2.38. The van der Waals surface area contributed by atoms with Crippen LogP contribution in [0.5, 0.6) is 0 Å². The number of carbonyl (C=O) groups is 1. The van der Waals surface area contributed by atoms with E-state index in [1.807, 2.05) is 18.2 Å². The molecule has 0 unspecified atom stereocenters. The Labute approximate surface area is 136 Å². The highest BCUT2D eigenvalue weighted by molar-refractivity contribution is 7.08. The number of hydrogen-bond donors (Lipinski definition) is 1. The monoisotopic (exact) mass is 313 g/mol. The smallest absolute Gasteiger partial charge is 0.220 e. The van der Waals surface area contributed by atoms with Crippen molar-refractivity contribution in [3.63, 3.8) is 0 Å². The van der Waals surface area contributed by atoms with E-state index in [1.54, 1.807) is 11.3 Å². The van der Waals surface area contributed by atoms with Crippen LogP contribution in [-0.2, 0) is 16.6 Å². The van der Waals surface area contributed by atoms with Gasteiger partial charge in [0.2, 0.25) is 5.91 Å². The summed E-state index contributed by atoms with van der Waals surface area (Å²) in [6.45, 7) is 0.789. The summed E-state index contributed by atoms with van der Waals surface area (Å²) in [5.41, 5.74) is 2.83. The normalized spacial score (nSPS) is 16.5. The van der Waals surface area contributed by atoms with E-state index in [0.717, 1.165) is 13.0 Å². The maximum Gasteiger partial charge on any atom is 0.220 e. The van der Waals surface area contributed by atoms with Crippen molar-refractivity contribution in [1.29, 1.82) is 0 Å². The molecule has 0 aliphatic heterocycles. The molecule has 3 heteroatoms.